The summed E-state index contributed by atoms with van der Waals surface area (Å²) in [4.78, 5) is 2.62. The van der Waals surface area contributed by atoms with E-state index in [4.69, 9.17) is 0 Å². The molecule has 0 saturated carbocycles. The predicted molar refractivity (Wildman–Crippen MR) is 62.7 cm³/mol. The molecular formula is C12H26N2. The first-order chi connectivity index (χ1) is 6.64. The molecular weight excluding hydrogens is 172 g/mol. The van der Waals surface area contributed by atoms with Crippen molar-refractivity contribution < 1.29 is 0 Å². The van der Waals surface area contributed by atoms with E-state index in [1.807, 2.05) is 0 Å². The summed E-state index contributed by atoms with van der Waals surface area (Å²) in [5.74, 6) is 0. The van der Waals surface area contributed by atoms with Gasteiger partial charge in [0.1, 0.15) is 0 Å². The Morgan fingerprint density at radius 2 is 1.50 bits per heavy atom. The zero-order chi connectivity index (χ0) is 10.4. The monoisotopic (exact) mass is 198 g/mol. The van der Waals surface area contributed by atoms with Crippen LogP contribution in [0.2, 0.25) is 0 Å². The summed E-state index contributed by atoms with van der Waals surface area (Å²) >= 11 is 0. The number of rotatable bonds is 3. The quantitative estimate of drug-likeness (QED) is 0.748. The Labute approximate surface area is 89.1 Å². The van der Waals surface area contributed by atoms with Crippen molar-refractivity contribution in [3.8, 4) is 0 Å². The molecule has 1 saturated heterocycles. The van der Waals surface area contributed by atoms with Gasteiger partial charge in [-0.15, -0.1) is 0 Å². The molecule has 84 valence electrons. The molecule has 1 fully saturated rings. The minimum atomic E-state index is 0.263. The van der Waals surface area contributed by atoms with Gasteiger partial charge < -0.3 is 10.2 Å². The average Bonchev–Trinajstić information content (AvgIpc) is 2.10. The summed E-state index contributed by atoms with van der Waals surface area (Å²) in [6.45, 7) is 8.34. The fraction of sp³-hybridized carbons (Fsp3) is 1.00. The minimum Gasteiger partial charge on any atom is -0.314 e. The molecule has 0 spiro atoms. The van der Waals surface area contributed by atoms with Crippen LogP contribution in [-0.4, -0.2) is 37.1 Å². The first-order valence-corrected chi connectivity index (χ1v) is 6.05. The highest BCUT2D eigenvalue weighted by molar-refractivity contribution is 4.80. The maximum atomic E-state index is 3.38. The number of hydrogen-bond donors (Lipinski definition) is 1. The van der Waals surface area contributed by atoms with Crippen LogP contribution in [0.4, 0.5) is 0 Å². The second-order valence-electron chi connectivity index (χ2n) is 5.18. The van der Waals surface area contributed by atoms with Gasteiger partial charge in [0.2, 0.25) is 0 Å². The van der Waals surface area contributed by atoms with Crippen molar-refractivity contribution in [3.63, 3.8) is 0 Å². The molecule has 0 aromatic carbocycles. The van der Waals surface area contributed by atoms with Crippen LogP contribution in [0.3, 0.4) is 0 Å². The first-order valence-electron chi connectivity index (χ1n) is 6.05. The van der Waals surface area contributed by atoms with Crippen LogP contribution < -0.4 is 5.32 Å². The molecule has 1 rings (SSSR count). The van der Waals surface area contributed by atoms with E-state index in [9.17, 15) is 0 Å². The van der Waals surface area contributed by atoms with Gasteiger partial charge in [0.25, 0.3) is 0 Å². The van der Waals surface area contributed by atoms with Crippen molar-refractivity contribution in [2.45, 2.75) is 51.5 Å². The van der Waals surface area contributed by atoms with Crippen molar-refractivity contribution in [3.05, 3.63) is 0 Å². The van der Waals surface area contributed by atoms with E-state index >= 15 is 0 Å². The highest BCUT2D eigenvalue weighted by atomic mass is 15.2. The lowest BCUT2D eigenvalue weighted by Crippen LogP contribution is -2.48. The highest BCUT2D eigenvalue weighted by Crippen LogP contribution is 2.13. The Balaban J connectivity index is 2.33. The number of hydrogen-bond acceptors (Lipinski definition) is 2. The molecule has 14 heavy (non-hydrogen) atoms. The Hall–Kier alpha value is -0.0800. The van der Waals surface area contributed by atoms with Gasteiger partial charge in [-0.3, -0.25) is 0 Å². The van der Waals surface area contributed by atoms with Crippen molar-refractivity contribution in [2.75, 3.05) is 26.7 Å². The summed E-state index contributed by atoms with van der Waals surface area (Å²) in [6, 6.07) is 0. The molecule has 0 radical (unpaired) electrons. The van der Waals surface area contributed by atoms with Gasteiger partial charge in [-0.05, 0) is 46.8 Å². The fourth-order valence-corrected chi connectivity index (χ4v) is 2.11. The third kappa shape index (κ3) is 4.43. The number of likely N-dealkylation sites (tertiary alicyclic amines) is 1. The molecule has 0 aromatic rings. The Kier molecular flexibility index (Phi) is 4.90. The van der Waals surface area contributed by atoms with Crippen LogP contribution in [0.1, 0.15) is 46.0 Å². The summed E-state index contributed by atoms with van der Waals surface area (Å²) in [7, 11) is 2.06. The van der Waals surface area contributed by atoms with Crippen LogP contribution in [-0.2, 0) is 0 Å². The molecule has 2 heteroatoms. The van der Waals surface area contributed by atoms with E-state index in [-0.39, 0.29) is 5.54 Å². The van der Waals surface area contributed by atoms with Gasteiger partial charge in [-0.1, -0.05) is 19.3 Å². The lowest BCUT2D eigenvalue weighted by molar-refractivity contribution is 0.191. The van der Waals surface area contributed by atoms with E-state index < -0.39 is 0 Å². The van der Waals surface area contributed by atoms with Crippen LogP contribution in [0, 0.1) is 0 Å². The minimum absolute atomic E-state index is 0.263. The van der Waals surface area contributed by atoms with E-state index in [1.54, 1.807) is 0 Å². The molecule has 1 heterocycles. The summed E-state index contributed by atoms with van der Waals surface area (Å²) in [6.07, 6.45) is 7.08. The second-order valence-corrected chi connectivity index (χ2v) is 5.18. The van der Waals surface area contributed by atoms with Gasteiger partial charge in [0, 0.05) is 12.1 Å². The van der Waals surface area contributed by atoms with Gasteiger partial charge in [0.05, 0.1) is 0 Å². The maximum Gasteiger partial charge on any atom is 0.0249 e. The normalized spacial score (nSPS) is 21.6. The van der Waals surface area contributed by atoms with Crippen LogP contribution in [0.5, 0.6) is 0 Å². The van der Waals surface area contributed by atoms with E-state index in [0.29, 0.717) is 0 Å². The SMILES string of the molecule is CNC(C)(C)CN1CCCCCCC1. The molecule has 0 aliphatic carbocycles. The highest BCUT2D eigenvalue weighted by Gasteiger charge is 2.19. The van der Waals surface area contributed by atoms with E-state index in [0.717, 1.165) is 0 Å². The molecule has 0 aromatic heterocycles. The van der Waals surface area contributed by atoms with Crippen LogP contribution >= 0.6 is 0 Å². The third-order valence-electron chi connectivity index (χ3n) is 3.24. The topological polar surface area (TPSA) is 15.3 Å². The molecule has 0 bridgehead atoms. The Morgan fingerprint density at radius 3 is 2.00 bits per heavy atom. The largest absolute Gasteiger partial charge is 0.314 e. The average molecular weight is 198 g/mol. The van der Waals surface area contributed by atoms with Crippen LogP contribution in [0.25, 0.3) is 0 Å². The third-order valence-corrected chi connectivity index (χ3v) is 3.24. The summed E-state index contributed by atoms with van der Waals surface area (Å²) in [5, 5.41) is 3.38. The molecule has 1 aliphatic heterocycles. The smallest absolute Gasteiger partial charge is 0.0249 e. The first kappa shape index (κ1) is 12.0. The molecule has 1 N–H and O–H groups in total. The number of nitrogens with one attached hydrogen (secondary N) is 1. The van der Waals surface area contributed by atoms with Crippen LogP contribution in [0.15, 0.2) is 0 Å². The van der Waals surface area contributed by atoms with Crippen molar-refractivity contribution in [1.29, 1.82) is 0 Å². The molecule has 0 unspecified atom stereocenters. The molecule has 0 atom stereocenters. The van der Waals surface area contributed by atoms with E-state index in [2.05, 4.69) is 31.1 Å². The predicted octanol–water partition coefficient (Wildman–Crippen LogP) is 2.25. The maximum absolute atomic E-state index is 3.38. The zero-order valence-electron chi connectivity index (χ0n) is 10.1. The van der Waals surface area contributed by atoms with Gasteiger partial charge >= 0.3 is 0 Å². The van der Waals surface area contributed by atoms with Gasteiger partial charge in [-0.2, -0.15) is 0 Å². The standard InChI is InChI=1S/C12H26N2/c1-12(2,13-3)11-14-9-7-5-4-6-8-10-14/h13H,4-11H2,1-3H3. The van der Waals surface area contributed by atoms with E-state index in [1.165, 1.54) is 51.7 Å². The fourth-order valence-electron chi connectivity index (χ4n) is 2.11. The van der Waals surface area contributed by atoms with Crippen molar-refractivity contribution in [2.24, 2.45) is 0 Å². The molecule has 0 amide bonds. The van der Waals surface area contributed by atoms with Crippen molar-refractivity contribution >= 4 is 0 Å². The summed E-state index contributed by atoms with van der Waals surface area (Å²) in [5.41, 5.74) is 0.263. The lowest BCUT2D eigenvalue weighted by Gasteiger charge is -2.33. The summed E-state index contributed by atoms with van der Waals surface area (Å²) < 4.78 is 0. The molecule has 2 nitrogen and oxygen atoms in total. The number of nitrogens with zero attached hydrogens (tertiary/aromatic N) is 1. The van der Waals surface area contributed by atoms with Gasteiger partial charge in [0.15, 0.2) is 0 Å². The Morgan fingerprint density at radius 1 is 1.00 bits per heavy atom. The molecule has 1 aliphatic rings. The lowest BCUT2D eigenvalue weighted by atomic mass is 10.0. The van der Waals surface area contributed by atoms with Gasteiger partial charge in [-0.25, -0.2) is 0 Å². The Bertz CT molecular complexity index is 146. The second kappa shape index (κ2) is 5.72. The number of likely N-dealkylation sites (N-methyl/N-ethyl adjacent to an activating group) is 1. The zero-order valence-corrected chi connectivity index (χ0v) is 10.1. The van der Waals surface area contributed by atoms with Crippen molar-refractivity contribution in [1.82, 2.24) is 10.2 Å².